The Morgan fingerprint density at radius 1 is 0.895 bits per heavy atom. The average Bonchev–Trinajstić information content (AvgIpc) is 2.98. The van der Waals surface area contributed by atoms with Crippen LogP contribution in [0.3, 0.4) is 0 Å². The van der Waals surface area contributed by atoms with Crippen molar-refractivity contribution < 1.29 is 4.79 Å². The lowest BCUT2D eigenvalue weighted by molar-refractivity contribution is 0.102. The highest BCUT2D eigenvalue weighted by atomic mass is 16.1. The molecule has 2 aromatic heterocycles. The maximum absolute atomic E-state index is 12.3. The molecular formula is C14H10N4O. The van der Waals surface area contributed by atoms with Crippen molar-refractivity contribution >= 4 is 5.78 Å². The predicted octanol–water partition coefficient (Wildman–Crippen LogP) is 1.89. The van der Waals surface area contributed by atoms with Crippen molar-refractivity contribution in [1.29, 1.82) is 0 Å². The normalized spacial score (nSPS) is 10.3. The van der Waals surface area contributed by atoms with Crippen LogP contribution < -0.4 is 0 Å². The van der Waals surface area contributed by atoms with Gasteiger partial charge in [-0.25, -0.2) is 14.6 Å². The van der Waals surface area contributed by atoms with E-state index in [1.165, 1.54) is 0 Å². The summed E-state index contributed by atoms with van der Waals surface area (Å²) in [5.74, 6) is -0.0814. The van der Waals surface area contributed by atoms with Crippen LogP contribution in [0.2, 0.25) is 0 Å². The number of aromatic nitrogens is 4. The van der Waals surface area contributed by atoms with Gasteiger partial charge in [0, 0.05) is 12.4 Å². The van der Waals surface area contributed by atoms with Gasteiger partial charge in [-0.2, -0.15) is 5.10 Å². The second-order valence-electron chi connectivity index (χ2n) is 3.87. The first kappa shape index (κ1) is 11.3. The van der Waals surface area contributed by atoms with Gasteiger partial charge in [0.25, 0.3) is 0 Å². The molecule has 0 fully saturated rings. The highest BCUT2D eigenvalue weighted by Gasteiger charge is 2.17. The number of para-hydroxylation sites is 1. The third kappa shape index (κ3) is 2.13. The molecule has 1 aromatic carbocycles. The fraction of sp³-hybridized carbons (Fsp3) is 0. The molecule has 92 valence electrons. The molecule has 0 spiro atoms. The van der Waals surface area contributed by atoms with Crippen molar-refractivity contribution in [2.75, 3.05) is 0 Å². The lowest BCUT2D eigenvalue weighted by Gasteiger charge is -2.05. The molecule has 0 aliphatic rings. The number of carbonyl (C=O) groups is 1. The molecule has 0 unspecified atom stereocenters. The van der Waals surface area contributed by atoms with E-state index in [4.69, 9.17) is 0 Å². The van der Waals surface area contributed by atoms with Gasteiger partial charge in [0.2, 0.25) is 11.6 Å². The second-order valence-corrected chi connectivity index (χ2v) is 3.87. The van der Waals surface area contributed by atoms with Gasteiger partial charge in [0.1, 0.15) is 5.69 Å². The first-order chi connectivity index (χ1) is 9.36. The topological polar surface area (TPSA) is 60.7 Å². The van der Waals surface area contributed by atoms with Crippen molar-refractivity contribution in [3.8, 4) is 5.69 Å². The summed E-state index contributed by atoms with van der Waals surface area (Å²) in [7, 11) is 0. The number of hydrogen-bond acceptors (Lipinski definition) is 4. The third-order valence-corrected chi connectivity index (χ3v) is 2.64. The summed E-state index contributed by atoms with van der Waals surface area (Å²) in [6, 6.07) is 12.8. The van der Waals surface area contributed by atoms with Gasteiger partial charge in [0.05, 0.1) is 11.9 Å². The smallest absolute Gasteiger partial charge is 0.248 e. The maximum Gasteiger partial charge on any atom is 0.248 e. The summed E-state index contributed by atoms with van der Waals surface area (Å²) < 4.78 is 1.58. The van der Waals surface area contributed by atoms with E-state index in [1.54, 1.807) is 35.4 Å². The molecule has 0 saturated heterocycles. The van der Waals surface area contributed by atoms with Crippen LogP contribution in [-0.4, -0.2) is 25.5 Å². The van der Waals surface area contributed by atoms with E-state index < -0.39 is 0 Å². The summed E-state index contributed by atoms with van der Waals surface area (Å²) in [5, 5.41) is 4.17. The number of ketones is 1. The van der Waals surface area contributed by atoms with Crippen LogP contribution in [0.15, 0.2) is 61.1 Å². The van der Waals surface area contributed by atoms with Gasteiger partial charge in [0.15, 0.2) is 0 Å². The zero-order chi connectivity index (χ0) is 13.1. The Hall–Kier alpha value is -2.82. The lowest BCUT2D eigenvalue weighted by atomic mass is 10.2. The van der Waals surface area contributed by atoms with Crippen molar-refractivity contribution in [3.05, 3.63) is 72.6 Å². The molecule has 3 aromatic rings. The van der Waals surface area contributed by atoms with E-state index in [0.717, 1.165) is 5.69 Å². The van der Waals surface area contributed by atoms with E-state index in [0.29, 0.717) is 5.69 Å². The van der Waals surface area contributed by atoms with E-state index in [9.17, 15) is 4.79 Å². The van der Waals surface area contributed by atoms with Crippen LogP contribution in [0.25, 0.3) is 5.69 Å². The zero-order valence-corrected chi connectivity index (χ0v) is 9.97. The van der Waals surface area contributed by atoms with Crippen LogP contribution in [0, 0.1) is 0 Å². The molecule has 0 aliphatic heterocycles. The molecule has 0 N–H and O–H groups in total. The van der Waals surface area contributed by atoms with Crippen molar-refractivity contribution in [2.24, 2.45) is 0 Å². The number of hydrogen-bond donors (Lipinski definition) is 0. The SMILES string of the molecule is O=C(c1ncccn1)c1ccnn1-c1ccccc1. The summed E-state index contributed by atoms with van der Waals surface area (Å²) in [5.41, 5.74) is 1.27. The number of nitrogens with zero attached hydrogens (tertiary/aromatic N) is 4. The summed E-state index contributed by atoms with van der Waals surface area (Å²) in [4.78, 5) is 20.3. The van der Waals surface area contributed by atoms with Gasteiger partial charge in [-0.05, 0) is 24.3 Å². The van der Waals surface area contributed by atoms with E-state index in [-0.39, 0.29) is 11.6 Å². The van der Waals surface area contributed by atoms with Gasteiger partial charge in [-0.1, -0.05) is 18.2 Å². The molecule has 19 heavy (non-hydrogen) atoms. The van der Waals surface area contributed by atoms with Crippen molar-refractivity contribution in [1.82, 2.24) is 19.7 Å². The van der Waals surface area contributed by atoms with Crippen LogP contribution in [0.5, 0.6) is 0 Å². The van der Waals surface area contributed by atoms with Crippen LogP contribution in [0.4, 0.5) is 0 Å². The van der Waals surface area contributed by atoms with Gasteiger partial charge >= 0.3 is 0 Å². The largest absolute Gasteiger partial charge is 0.283 e. The maximum atomic E-state index is 12.3. The third-order valence-electron chi connectivity index (χ3n) is 2.64. The molecule has 0 bridgehead atoms. The van der Waals surface area contributed by atoms with E-state index >= 15 is 0 Å². The first-order valence-corrected chi connectivity index (χ1v) is 5.77. The average molecular weight is 250 g/mol. The molecule has 0 atom stereocenters. The quantitative estimate of drug-likeness (QED) is 0.666. The minimum Gasteiger partial charge on any atom is -0.283 e. The molecular weight excluding hydrogens is 240 g/mol. The molecule has 0 aliphatic carbocycles. The monoisotopic (exact) mass is 250 g/mol. The molecule has 0 amide bonds. The predicted molar refractivity (Wildman–Crippen MR) is 69.0 cm³/mol. The van der Waals surface area contributed by atoms with Crippen LogP contribution in [-0.2, 0) is 0 Å². The first-order valence-electron chi connectivity index (χ1n) is 5.77. The van der Waals surface area contributed by atoms with E-state index in [1.807, 2.05) is 30.3 Å². The summed E-state index contributed by atoms with van der Waals surface area (Å²) in [6.45, 7) is 0. The Morgan fingerprint density at radius 2 is 1.63 bits per heavy atom. The Bertz CT molecular complexity index is 692. The molecule has 0 radical (unpaired) electrons. The molecule has 5 nitrogen and oxygen atoms in total. The Balaban J connectivity index is 2.04. The second kappa shape index (κ2) is 4.81. The fourth-order valence-electron chi connectivity index (χ4n) is 1.78. The highest BCUT2D eigenvalue weighted by molar-refractivity contribution is 6.05. The Labute approximate surface area is 109 Å². The van der Waals surface area contributed by atoms with Crippen molar-refractivity contribution in [3.63, 3.8) is 0 Å². The molecule has 5 heteroatoms. The molecule has 3 rings (SSSR count). The van der Waals surface area contributed by atoms with Gasteiger partial charge in [-0.3, -0.25) is 4.79 Å². The number of rotatable bonds is 3. The number of carbonyl (C=O) groups excluding carboxylic acids is 1. The summed E-state index contributed by atoms with van der Waals surface area (Å²) in [6.07, 6.45) is 4.68. The van der Waals surface area contributed by atoms with Crippen LogP contribution in [0.1, 0.15) is 16.3 Å². The Kier molecular flexibility index (Phi) is 2.86. The minimum atomic E-state index is -0.248. The van der Waals surface area contributed by atoms with Crippen molar-refractivity contribution in [2.45, 2.75) is 0 Å². The lowest BCUT2D eigenvalue weighted by Crippen LogP contribution is -2.12. The minimum absolute atomic E-state index is 0.167. The molecule has 2 heterocycles. The van der Waals surface area contributed by atoms with Crippen LogP contribution >= 0.6 is 0 Å². The number of benzene rings is 1. The standard InChI is InChI=1S/C14H10N4O/c19-13(14-15-8-4-9-16-14)12-7-10-17-18(12)11-5-2-1-3-6-11/h1-10H. The van der Waals surface area contributed by atoms with Gasteiger partial charge < -0.3 is 0 Å². The van der Waals surface area contributed by atoms with Gasteiger partial charge in [-0.15, -0.1) is 0 Å². The zero-order valence-electron chi connectivity index (χ0n) is 9.97. The highest BCUT2D eigenvalue weighted by Crippen LogP contribution is 2.12. The summed E-state index contributed by atoms with van der Waals surface area (Å²) >= 11 is 0. The Morgan fingerprint density at radius 3 is 2.37 bits per heavy atom. The molecule has 0 saturated carbocycles. The fourth-order valence-corrected chi connectivity index (χ4v) is 1.78. The van der Waals surface area contributed by atoms with E-state index in [2.05, 4.69) is 15.1 Å².